The third-order valence-corrected chi connectivity index (χ3v) is 6.68. The van der Waals surface area contributed by atoms with Crippen LogP contribution in [0.15, 0.2) is 65.1 Å². The molecule has 0 aliphatic carbocycles. The number of benzene rings is 3. The van der Waals surface area contributed by atoms with Crippen molar-refractivity contribution < 1.29 is 0 Å². The fourth-order valence-electron chi connectivity index (χ4n) is 4.58. The van der Waals surface area contributed by atoms with Gasteiger partial charge in [0, 0.05) is 11.1 Å². The summed E-state index contributed by atoms with van der Waals surface area (Å²) >= 11 is 1.64. The molecule has 0 saturated carbocycles. The highest BCUT2D eigenvalue weighted by atomic mass is 32.2. The Morgan fingerprint density at radius 3 is 2.24 bits per heavy atom. The van der Waals surface area contributed by atoms with Gasteiger partial charge in [0.1, 0.15) is 5.84 Å². The van der Waals surface area contributed by atoms with Crippen LogP contribution >= 0.6 is 11.9 Å². The first-order valence-electron chi connectivity index (χ1n) is 10.4. The Morgan fingerprint density at radius 1 is 0.793 bits per heavy atom. The molecule has 0 atom stereocenters. The van der Waals surface area contributed by atoms with Crippen molar-refractivity contribution in [3.63, 3.8) is 0 Å². The van der Waals surface area contributed by atoms with Gasteiger partial charge in [0.25, 0.3) is 0 Å². The lowest BCUT2D eigenvalue weighted by Crippen LogP contribution is -2.31. The van der Waals surface area contributed by atoms with Gasteiger partial charge in [0.05, 0.1) is 11.6 Å². The fraction of sp³-hybridized carbons (Fsp3) is 0.269. The minimum Gasteiger partial charge on any atom is -0.313 e. The van der Waals surface area contributed by atoms with Crippen LogP contribution in [0.5, 0.6) is 0 Å². The molecule has 0 spiro atoms. The quantitative estimate of drug-likeness (QED) is 0.426. The summed E-state index contributed by atoms with van der Waals surface area (Å²) in [5.41, 5.74) is 10.7. The molecular weight excluding hydrogens is 372 g/mol. The molecule has 146 valence electrons. The standard InChI is InChI=1S/C26H26N2S/c1-16(2)19-9-7-10-20(17(3)4)25(19)18-12-13-21-22-8-5-6-11-24(22)28-15-29-27-26(28)23(21)14-18/h5-14,16-17H,15H2,1-4H3. The highest BCUT2D eigenvalue weighted by molar-refractivity contribution is 7.98. The second-order valence-corrected chi connectivity index (χ2v) is 9.20. The van der Waals surface area contributed by atoms with Crippen LogP contribution in [0.1, 0.15) is 56.2 Å². The number of para-hydroxylation sites is 1. The Hall–Kier alpha value is -2.52. The molecule has 0 radical (unpaired) electrons. The summed E-state index contributed by atoms with van der Waals surface area (Å²) in [7, 11) is 0. The zero-order chi connectivity index (χ0) is 20.1. The molecule has 3 heteroatoms. The Morgan fingerprint density at radius 2 is 1.52 bits per heavy atom. The van der Waals surface area contributed by atoms with Crippen molar-refractivity contribution in [2.45, 2.75) is 39.5 Å². The Kier molecular flexibility index (Phi) is 4.51. The summed E-state index contributed by atoms with van der Waals surface area (Å²) < 4.78 is 4.81. The van der Waals surface area contributed by atoms with Crippen molar-refractivity contribution in [2.75, 3.05) is 10.8 Å². The van der Waals surface area contributed by atoms with E-state index in [1.54, 1.807) is 11.9 Å². The van der Waals surface area contributed by atoms with Gasteiger partial charge in [-0.2, -0.15) is 4.40 Å². The molecule has 2 nitrogen and oxygen atoms in total. The lowest BCUT2D eigenvalue weighted by atomic mass is 9.83. The molecule has 29 heavy (non-hydrogen) atoms. The third-order valence-electron chi connectivity index (χ3n) is 6.00. The molecule has 0 fully saturated rings. The van der Waals surface area contributed by atoms with Gasteiger partial charge in [-0.25, -0.2) is 0 Å². The molecule has 0 saturated heterocycles. The summed E-state index contributed by atoms with van der Waals surface area (Å²) in [5.74, 6) is 2.95. The predicted octanol–water partition coefficient (Wildman–Crippen LogP) is 7.45. The van der Waals surface area contributed by atoms with E-state index in [0.717, 1.165) is 11.7 Å². The Bertz CT molecular complexity index is 1100. The lowest BCUT2D eigenvalue weighted by molar-refractivity contribution is 0.838. The van der Waals surface area contributed by atoms with E-state index in [1.807, 2.05) is 0 Å². The number of amidine groups is 1. The number of fused-ring (bicyclic) bond motifs is 6. The van der Waals surface area contributed by atoms with Crippen LogP contribution in [0.25, 0.3) is 22.3 Å². The largest absolute Gasteiger partial charge is 0.313 e. The summed E-state index contributed by atoms with van der Waals surface area (Å²) in [6.45, 7) is 9.15. The molecule has 0 amide bonds. The third kappa shape index (κ3) is 2.91. The van der Waals surface area contributed by atoms with Crippen molar-refractivity contribution in [1.29, 1.82) is 0 Å². The SMILES string of the molecule is CC(C)c1cccc(C(C)C)c1-c1ccc2c(c1)C1=NSCN1c1ccccc1-2. The van der Waals surface area contributed by atoms with Crippen molar-refractivity contribution in [1.82, 2.24) is 0 Å². The molecule has 3 aromatic carbocycles. The average Bonchev–Trinajstić information content (AvgIpc) is 3.23. The van der Waals surface area contributed by atoms with Crippen LogP contribution in [-0.4, -0.2) is 11.7 Å². The van der Waals surface area contributed by atoms with Crippen molar-refractivity contribution >= 4 is 23.5 Å². The number of hydrogen-bond donors (Lipinski definition) is 0. The van der Waals surface area contributed by atoms with E-state index >= 15 is 0 Å². The second-order valence-electron chi connectivity index (χ2n) is 8.50. The van der Waals surface area contributed by atoms with Crippen molar-refractivity contribution in [2.24, 2.45) is 4.40 Å². The highest BCUT2D eigenvalue weighted by Gasteiger charge is 2.31. The van der Waals surface area contributed by atoms with Gasteiger partial charge < -0.3 is 4.90 Å². The Labute approximate surface area is 177 Å². The summed E-state index contributed by atoms with van der Waals surface area (Å²) in [4.78, 5) is 2.35. The highest BCUT2D eigenvalue weighted by Crippen LogP contribution is 2.45. The molecule has 2 heterocycles. The number of nitrogens with zero attached hydrogens (tertiary/aromatic N) is 2. The number of hydrogen-bond acceptors (Lipinski definition) is 3. The second kappa shape index (κ2) is 7.07. The zero-order valence-corrected chi connectivity index (χ0v) is 18.3. The molecule has 0 bridgehead atoms. The summed E-state index contributed by atoms with van der Waals surface area (Å²) in [5, 5.41) is 0. The molecule has 3 aromatic rings. The maximum Gasteiger partial charge on any atom is 0.149 e. The molecule has 0 unspecified atom stereocenters. The van der Waals surface area contributed by atoms with Crippen molar-refractivity contribution in [3.8, 4) is 22.3 Å². The minimum absolute atomic E-state index is 0.483. The lowest BCUT2D eigenvalue weighted by Gasteiger charge is -2.30. The van der Waals surface area contributed by atoms with Crippen LogP contribution in [0.2, 0.25) is 0 Å². The maximum atomic E-state index is 4.81. The van der Waals surface area contributed by atoms with Crippen LogP contribution < -0.4 is 4.90 Å². The molecule has 2 aliphatic heterocycles. The van der Waals surface area contributed by atoms with Gasteiger partial charge in [-0.3, -0.25) is 0 Å². The van der Waals surface area contributed by atoms with Crippen LogP contribution in [-0.2, 0) is 0 Å². The summed E-state index contributed by atoms with van der Waals surface area (Å²) in [6, 6.07) is 22.5. The van der Waals surface area contributed by atoms with Crippen molar-refractivity contribution in [3.05, 3.63) is 77.4 Å². The van der Waals surface area contributed by atoms with E-state index in [9.17, 15) is 0 Å². The first-order chi connectivity index (χ1) is 14.1. The topological polar surface area (TPSA) is 15.6 Å². The van der Waals surface area contributed by atoms with Crippen LogP contribution in [0.4, 0.5) is 5.69 Å². The monoisotopic (exact) mass is 398 g/mol. The molecule has 0 aromatic heterocycles. The number of anilines is 1. The van der Waals surface area contributed by atoms with Gasteiger partial charge >= 0.3 is 0 Å². The number of rotatable bonds is 3. The minimum atomic E-state index is 0.483. The van der Waals surface area contributed by atoms with Gasteiger partial charge in [-0.05, 0) is 63.7 Å². The van der Waals surface area contributed by atoms with Gasteiger partial charge in [-0.15, -0.1) is 0 Å². The average molecular weight is 399 g/mol. The van der Waals surface area contributed by atoms with E-state index in [-0.39, 0.29) is 0 Å². The van der Waals surface area contributed by atoms with Gasteiger partial charge in [-0.1, -0.05) is 76.2 Å². The van der Waals surface area contributed by atoms with E-state index in [0.29, 0.717) is 11.8 Å². The first kappa shape index (κ1) is 18.5. The molecule has 0 N–H and O–H groups in total. The van der Waals surface area contributed by atoms with Gasteiger partial charge in [0.15, 0.2) is 0 Å². The van der Waals surface area contributed by atoms with Crippen LogP contribution in [0, 0.1) is 0 Å². The first-order valence-corrected chi connectivity index (χ1v) is 11.3. The van der Waals surface area contributed by atoms with E-state index in [2.05, 4.69) is 93.3 Å². The maximum absolute atomic E-state index is 4.81. The Balaban J connectivity index is 1.76. The van der Waals surface area contributed by atoms with E-state index in [4.69, 9.17) is 4.40 Å². The fourth-order valence-corrected chi connectivity index (χ4v) is 5.33. The van der Waals surface area contributed by atoms with E-state index in [1.165, 1.54) is 44.6 Å². The normalized spacial score (nSPS) is 14.7. The van der Waals surface area contributed by atoms with Gasteiger partial charge in [0.2, 0.25) is 0 Å². The zero-order valence-electron chi connectivity index (χ0n) is 17.4. The van der Waals surface area contributed by atoms with E-state index < -0.39 is 0 Å². The predicted molar refractivity (Wildman–Crippen MR) is 127 cm³/mol. The summed E-state index contributed by atoms with van der Waals surface area (Å²) in [6.07, 6.45) is 0. The molecule has 5 rings (SSSR count). The smallest absolute Gasteiger partial charge is 0.149 e. The molecule has 2 aliphatic rings. The van der Waals surface area contributed by atoms with Crippen LogP contribution in [0.3, 0.4) is 0 Å². The molecular formula is C26H26N2S.